The van der Waals surface area contributed by atoms with Crippen LogP contribution >= 0.6 is 0 Å². The summed E-state index contributed by atoms with van der Waals surface area (Å²) in [6, 6.07) is 0. The molecule has 2 rings (SSSR count). The lowest BCUT2D eigenvalue weighted by Crippen LogP contribution is -2.41. The summed E-state index contributed by atoms with van der Waals surface area (Å²) in [7, 11) is 0. The number of carboxylic acid groups (broad SMARTS) is 1. The first-order valence-electron chi connectivity index (χ1n) is 10.7. The molecular formula is C21H36O8. The third-order valence-corrected chi connectivity index (χ3v) is 6.31. The molecule has 8 nitrogen and oxygen atoms in total. The van der Waals surface area contributed by atoms with Crippen LogP contribution < -0.4 is 0 Å². The van der Waals surface area contributed by atoms with Crippen LogP contribution in [0.4, 0.5) is 0 Å². The number of hydrogen-bond acceptors (Lipinski definition) is 7. The van der Waals surface area contributed by atoms with E-state index in [0.29, 0.717) is 25.4 Å². The van der Waals surface area contributed by atoms with Gasteiger partial charge in [-0.3, -0.25) is 14.8 Å². The van der Waals surface area contributed by atoms with Crippen LogP contribution in [-0.2, 0) is 29.0 Å². The molecule has 2 aliphatic carbocycles. The second-order valence-electron chi connectivity index (χ2n) is 9.39. The van der Waals surface area contributed by atoms with Crippen molar-refractivity contribution in [2.24, 2.45) is 35.5 Å². The number of hydrogen-bond donors (Lipinski definition) is 2. The fourth-order valence-corrected chi connectivity index (χ4v) is 4.62. The number of ether oxygens (including phenoxy) is 1. The quantitative estimate of drug-likeness (QED) is 0.252. The topological polar surface area (TPSA) is 112 Å². The summed E-state index contributed by atoms with van der Waals surface area (Å²) in [5.74, 6) is -3.05. The predicted octanol–water partition coefficient (Wildman–Crippen LogP) is 3.89. The molecule has 0 aromatic carbocycles. The van der Waals surface area contributed by atoms with Crippen LogP contribution in [0.3, 0.4) is 0 Å². The lowest BCUT2D eigenvalue weighted by molar-refractivity contribution is -0.414. The smallest absolute Gasteiger partial charge is 0.312 e. The molecule has 0 bridgehead atoms. The fraction of sp³-hybridized carbons (Fsp3) is 0.905. The molecule has 2 saturated carbocycles. The molecule has 2 N–H and O–H groups in total. The number of carboxylic acids is 1. The monoisotopic (exact) mass is 416 g/mol. The van der Waals surface area contributed by atoms with Gasteiger partial charge in [0.1, 0.15) is 0 Å². The highest BCUT2D eigenvalue weighted by Crippen LogP contribution is 2.36. The highest BCUT2D eigenvalue weighted by molar-refractivity contribution is 5.81. The molecule has 0 heterocycles. The second kappa shape index (κ2) is 10.7. The van der Waals surface area contributed by atoms with Crippen molar-refractivity contribution in [1.82, 2.24) is 0 Å². The van der Waals surface area contributed by atoms with Gasteiger partial charge >= 0.3 is 11.9 Å². The van der Waals surface area contributed by atoms with Gasteiger partial charge in [0.05, 0.1) is 25.0 Å². The average molecular weight is 417 g/mol. The zero-order valence-corrected chi connectivity index (χ0v) is 18.0. The summed E-state index contributed by atoms with van der Waals surface area (Å²) < 4.78 is 5.48. The van der Waals surface area contributed by atoms with E-state index in [1.54, 1.807) is 13.8 Å². The minimum atomic E-state index is -1.33. The van der Waals surface area contributed by atoms with E-state index in [4.69, 9.17) is 19.8 Å². The summed E-state index contributed by atoms with van der Waals surface area (Å²) >= 11 is 0. The summed E-state index contributed by atoms with van der Waals surface area (Å²) in [5.41, 5.74) is 0. The van der Waals surface area contributed by atoms with Gasteiger partial charge < -0.3 is 9.84 Å². The van der Waals surface area contributed by atoms with Gasteiger partial charge in [0.2, 0.25) is 5.79 Å². The van der Waals surface area contributed by atoms with E-state index >= 15 is 0 Å². The van der Waals surface area contributed by atoms with Crippen LogP contribution in [0, 0.1) is 35.5 Å². The van der Waals surface area contributed by atoms with Crippen molar-refractivity contribution >= 4 is 11.9 Å². The fourth-order valence-electron chi connectivity index (χ4n) is 4.62. The molecule has 0 spiro atoms. The number of rotatable bonds is 9. The third-order valence-electron chi connectivity index (χ3n) is 6.31. The highest BCUT2D eigenvalue weighted by Gasteiger charge is 2.41. The first kappa shape index (κ1) is 24.1. The molecule has 0 aromatic rings. The van der Waals surface area contributed by atoms with Crippen molar-refractivity contribution in [1.29, 1.82) is 0 Å². The van der Waals surface area contributed by atoms with Crippen LogP contribution in [0.1, 0.15) is 66.2 Å². The lowest BCUT2D eigenvalue weighted by atomic mass is 9.74. The zero-order chi connectivity index (χ0) is 21.6. The van der Waals surface area contributed by atoms with Gasteiger partial charge in [-0.2, -0.15) is 4.89 Å². The van der Waals surface area contributed by atoms with Gasteiger partial charge in [-0.15, -0.1) is 0 Å². The van der Waals surface area contributed by atoms with Crippen LogP contribution in [0.5, 0.6) is 0 Å². The van der Waals surface area contributed by atoms with Gasteiger partial charge in [0.25, 0.3) is 0 Å². The Morgan fingerprint density at radius 3 is 2.24 bits per heavy atom. The molecule has 8 heteroatoms. The number of carbonyl (C=O) groups excluding carboxylic acids is 1. The third kappa shape index (κ3) is 7.20. The number of carbonyl (C=O) groups is 2. The molecule has 168 valence electrons. The number of esters is 1. The molecular weight excluding hydrogens is 380 g/mol. The average Bonchev–Trinajstić information content (AvgIpc) is 2.63. The Kier molecular flexibility index (Phi) is 8.88. The maximum absolute atomic E-state index is 12.7. The summed E-state index contributed by atoms with van der Waals surface area (Å²) in [5, 5.41) is 18.2. The Labute approximate surface area is 172 Å². The molecule has 2 aliphatic rings. The molecule has 0 aromatic heterocycles. The molecule has 0 saturated heterocycles. The van der Waals surface area contributed by atoms with Crippen molar-refractivity contribution in [2.45, 2.75) is 72.0 Å². The summed E-state index contributed by atoms with van der Waals surface area (Å²) in [4.78, 5) is 39.3. The maximum atomic E-state index is 12.7. The van der Waals surface area contributed by atoms with E-state index < -0.39 is 29.6 Å². The Morgan fingerprint density at radius 2 is 1.59 bits per heavy atom. The van der Waals surface area contributed by atoms with Gasteiger partial charge in [-0.25, -0.2) is 9.78 Å². The molecule has 0 amide bonds. The minimum Gasteiger partial charge on any atom is -0.481 e. The Hall–Kier alpha value is -1.22. The first-order chi connectivity index (χ1) is 13.6. The minimum absolute atomic E-state index is 0.174. The molecule has 2 fully saturated rings. The van der Waals surface area contributed by atoms with Crippen molar-refractivity contribution in [3.63, 3.8) is 0 Å². The summed E-state index contributed by atoms with van der Waals surface area (Å²) in [6.45, 7) is 7.91. The van der Waals surface area contributed by atoms with E-state index in [2.05, 4.69) is 11.8 Å². The highest BCUT2D eigenvalue weighted by atomic mass is 17.2. The van der Waals surface area contributed by atoms with E-state index in [1.807, 2.05) is 6.92 Å². The molecule has 0 aliphatic heterocycles. The normalized spacial score (nSPS) is 33.3. The van der Waals surface area contributed by atoms with Crippen molar-refractivity contribution < 1.29 is 39.4 Å². The van der Waals surface area contributed by atoms with Gasteiger partial charge in [0.15, 0.2) is 0 Å². The Morgan fingerprint density at radius 1 is 0.931 bits per heavy atom. The van der Waals surface area contributed by atoms with Crippen LogP contribution in [0.15, 0.2) is 0 Å². The molecule has 29 heavy (non-hydrogen) atoms. The maximum Gasteiger partial charge on any atom is 0.312 e. The van der Waals surface area contributed by atoms with Crippen LogP contribution in [0.2, 0.25) is 0 Å². The standard InChI is InChI=1S/C21H36O8/c1-13-5-7-15(11-26-25)16(9-13)12-27-29-21(3,4)28-20(24)18-10-14(2)6-8-17(18)19(22)23/h13-18,25H,5-12H2,1-4H3,(H,22,23). The van der Waals surface area contributed by atoms with E-state index in [0.717, 1.165) is 25.7 Å². The van der Waals surface area contributed by atoms with E-state index in [-0.39, 0.29) is 24.4 Å². The zero-order valence-electron chi connectivity index (χ0n) is 18.0. The van der Waals surface area contributed by atoms with E-state index in [1.165, 1.54) is 0 Å². The SMILES string of the molecule is CC1CCC(COO)C(COOC(C)(C)OC(=O)C2CC(C)CCC2C(=O)O)C1. The Balaban J connectivity index is 1.86. The molecule has 6 unspecified atom stereocenters. The largest absolute Gasteiger partial charge is 0.481 e. The van der Waals surface area contributed by atoms with Gasteiger partial charge in [-0.1, -0.05) is 20.3 Å². The molecule has 6 atom stereocenters. The van der Waals surface area contributed by atoms with Gasteiger partial charge in [-0.05, 0) is 55.8 Å². The predicted molar refractivity (Wildman–Crippen MR) is 103 cm³/mol. The van der Waals surface area contributed by atoms with Crippen LogP contribution in [0.25, 0.3) is 0 Å². The van der Waals surface area contributed by atoms with Crippen molar-refractivity contribution in [3.05, 3.63) is 0 Å². The Bertz CT molecular complexity index is 549. The van der Waals surface area contributed by atoms with Crippen molar-refractivity contribution in [3.8, 4) is 0 Å². The van der Waals surface area contributed by atoms with Crippen molar-refractivity contribution in [2.75, 3.05) is 13.2 Å². The second-order valence-corrected chi connectivity index (χ2v) is 9.39. The molecule has 0 radical (unpaired) electrons. The van der Waals surface area contributed by atoms with E-state index in [9.17, 15) is 14.7 Å². The van der Waals surface area contributed by atoms with Crippen LogP contribution in [-0.4, -0.2) is 41.3 Å². The lowest BCUT2D eigenvalue weighted by Gasteiger charge is -2.35. The van der Waals surface area contributed by atoms with Gasteiger partial charge in [0, 0.05) is 13.8 Å². The first-order valence-corrected chi connectivity index (χ1v) is 10.7. The summed E-state index contributed by atoms with van der Waals surface area (Å²) in [6.07, 6.45) is 4.74. The number of aliphatic carboxylic acids is 1.